The SMILES string of the molecule is O=C(NCCNC(=O)c1sc2cc(Cl)ccc2c1Cl)c1ccc2ccccc2n1. The number of fused-ring (bicyclic) bond motifs is 2. The quantitative estimate of drug-likeness (QED) is 0.430. The number of nitrogens with zero attached hydrogens (tertiary/aromatic N) is 1. The van der Waals surface area contributed by atoms with E-state index in [1.54, 1.807) is 24.3 Å². The third kappa shape index (κ3) is 4.19. The van der Waals surface area contributed by atoms with E-state index >= 15 is 0 Å². The molecule has 4 rings (SSSR count). The maximum atomic E-state index is 12.4. The lowest BCUT2D eigenvalue weighted by molar-refractivity contribution is 0.0927. The molecule has 0 fully saturated rings. The van der Waals surface area contributed by atoms with Crippen LogP contribution in [0.2, 0.25) is 10.0 Å². The number of aromatic nitrogens is 1. The van der Waals surface area contributed by atoms with Gasteiger partial charge < -0.3 is 10.6 Å². The fourth-order valence-electron chi connectivity index (χ4n) is 2.90. The summed E-state index contributed by atoms with van der Waals surface area (Å²) in [5.74, 6) is -0.579. The molecule has 8 heteroatoms. The van der Waals surface area contributed by atoms with Crippen molar-refractivity contribution in [3.8, 4) is 0 Å². The van der Waals surface area contributed by atoms with Gasteiger partial charge >= 0.3 is 0 Å². The molecule has 0 spiro atoms. The van der Waals surface area contributed by atoms with Crippen LogP contribution in [-0.4, -0.2) is 29.9 Å². The minimum atomic E-state index is -0.292. The molecule has 2 N–H and O–H groups in total. The first kappa shape index (κ1) is 19.6. The van der Waals surface area contributed by atoms with E-state index in [0.29, 0.717) is 20.6 Å². The first-order valence-electron chi connectivity index (χ1n) is 8.82. The molecule has 0 bridgehead atoms. The number of halogens is 2. The number of carbonyl (C=O) groups excluding carboxylic acids is 2. The zero-order valence-corrected chi connectivity index (χ0v) is 17.4. The van der Waals surface area contributed by atoms with Crippen LogP contribution in [0.3, 0.4) is 0 Å². The fraction of sp³-hybridized carbons (Fsp3) is 0.0952. The van der Waals surface area contributed by atoms with Gasteiger partial charge in [0.25, 0.3) is 11.8 Å². The van der Waals surface area contributed by atoms with Crippen LogP contribution in [-0.2, 0) is 0 Å². The number of hydrogen-bond acceptors (Lipinski definition) is 4. The Morgan fingerprint density at radius 2 is 1.69 bits per heavy atom. The molecular weight excluding hydrogens is 429 g/mol. The zero-order valence-electron chi connectivity index (χ0n) is 15.0. The summed E-state index contributed by atoms with van der Waals surface area (Å²) in [5, 5.41) is 8.29. The number of para-hydroxylation sites is 1. The average molecular weight is 444 g/mol. The summed E-state index contributed by atoms with van der Waals surface area (Å²) < 4.78 is 0.850. The predicted octanol–water partition coefficient (Wildman–Crippen LogP) is 4.92. The van der Waals surface area contributed by atoms with Gasteiger partial charge in [-0.25, -0.2) is 4.98 Å². The maximum Gasteiger partial charge on any atom is 0.269 e. The Labute approximate surface area is 180 Å². The van der Waals surface area contributed by atoms with Crippen molar-refractivity contribution in [2.45, 2.75) is 0 Å². The molecule has 0 atom stereocenters. The third-order valence-corrected chi connectivity index (χ3v) is 6.22. The molecular formula is C21H15Cl2N3O2S. The number of hydrogen-bond donors (Lipinski definition) is 2. The van der Waals surface area contributed by atoms with Gasteiger partial charge in [-0.15, -0.1) is 11.3 Å². The van der Waals surface area contributed by atoms with Crippen LogP contribution < -0.4 is 10.6 Å². The molecule has 0 aliphatic rings. The summed E-state index contributed by atoms with van der Waals surface area (Å²) in [7, 11) is 0. The van der Waals surface area contributed by atoms with Crippen LogP contribution >= 0.6 is 34.5 Å². The standard InChI is InChI=1S/C21H15Cl2N3O2S/c22-13-6-7-14-17(11-13)29-19(18(14)23)21(28)25-10-9-24-20(27)16-8-5-12-3-1-2-4-15(12)26-16/h1-8,11H,9-10H2,(H,24,27)(H,25,28). The van der Waals surface area contributed by atoms with Gasteiger partial charge in [0.2, 0.25) is 0 Å². The van der Waals surface area contributed by atoms with Gasteiger partial charge in [0.1, 0.15) is 10.6 Å². The first-order valence-corrected chi connectivity index (χ1v) is 10.4. The van der Waals surface area contributed by atoms with Crippen LogP contribution in [0.1, 0.15) is 20.2 Å². The lowest BCUT2D eigenvalue weighted by atomic mass is 10.2. The lowest BCUT2D eigenvalue weighted by Gasteiger charge is -2.07. The van der Waals surface area contributed by atoms with E-state index in [9.17, 15) is 9.59 Å². The number of amides is 2. The molecule has 0 aliphatic carbocycles. The molecule has 5 nitrogen and oxygen atoms in total. The fourth-order valence-corrected chi connectivity index (χ4v) is 4.61. The molecule has 0 radical (unpaired) electrons. The van der Waals surface area contributed by atoms with E-state index in [-0.39, 0.29) is 24.9 Å². The Bertz CT molecular complexity index is 1240. The normalized spacial score (nSPS) is 11.0. The number of benzene rings is 2. The van der Waals surface area contributed by atoms with Crippen molar-refractivity contribution < 1.29 is 9.59 Å². The summed E-state index contributed by atoms with van der Waals surface area (Å²) in [5.41, 5.74) is 1.09. The molecule has 4 aromatic rings. The second-order valence-electron chi connectivity index (χ2n) is 6.29. The van der Waals surface area contributed by atoms with E-state index in [4.69, 9.17) is 23.2 Å². The van der Waals surface area contributed by atoms with Crippen molar-refractivity contribution in [2.75, 3.05) is 13.1 Å². The van der Waals surface area contributed by atoms with Crippen molar-refractivity contribution in [1.29, 1.82) is 0 Å². The molecule has 29 heavy (non-hydrogen) atoms. The summed E-state index contributed by atoms with van der Waals surface area (Å²) in [4.78, 5) is 29.5. The van der Waals surface area contributed by atoms with E-state index < -0.39 is 0 Å². The average Bonchev–Trinajstić information content (AvgIpc) is 3.06. The topological polar surface area (TPSA) is 71.1 Å². The summed E-state index contributed by atoms with van der Waals surface area (Å²) in [6, 6.07) is 16.4. The third-order valence-electron chi connectivity index (χ3n) is 4.32. The molecule has 0 saturated heterocycles. The van der Waals surface area contributed by atoms with E-state index in [1.807, 2.05) is 30.3 Å². The molecule has 2 aromatic carbocycles. The van der Waals surface area contributed by atoms with Gasteiger partial charge in [-0.3, -0.25) is 9.59 Å². The Hall–Kier alpha value is -2.67. The molecule has 0 saturated carbocycles. The maximum absolute atomic E-state index is 12.4. The number of carbonyl (C=O) groups is 2. The summed E-state index contributed by atoms with van der Waals surface area (Å²) in [6.07, 6.45) is 0. The zero-order chi connectivity index (χ0) is 20.4. The number of thiophene rings is 1. The molecule has 146 valence electrons. The van der Waals surface area contributed by atoms with Crippen molar-refractivity contribution in [2.24, 2.45) is 0 Å². The highest BCUT2D eigenvalue weighted by Crippen LogP contribution is 2.36. The minimum Gasteiger partial charge on any atom is -0.350 e. The second-order valence-corrected chi connectivity index (χ2v) is 8.15. The Morgan fingerprint density at radius 3 is 2.52 bits per heavy atom. The van der Waals surface area contributed by atoms with Crippen LogP contribution in [0.4, 0.5) is 0 Å². The van der Waals surface area contributed by atoms with Crippen LogP contribution in [0, 0.1) is 0 Å². The first-order chi connectivity index (χ1) is 14.0. The van der Waals surface area contributed by atoms with Gasteiger partial charge in [0.05, 0.1) is 10.5 Å². The van der Waals surface area contributed by atoms with Crippen molar-refractivity contribution in [3.05, 3.63) is 75.2 Å². The second kappa shape index (κ2) is 8.37. The minimum absolute atomic E-state index is 0.267. The molecule has 2 aromatic heterocycles. The van der Waals surface area contributed by atoms with Crippen LogP contribution in [0.25, 0.3) is 21.0 Å². The molecule has 0 unspecified atom stereocenters. The van der Waals surface area contributed by atoms with E-state index in [0.717, 1.165) is 21.0 Å². The van der Waals surface area contributed by atoms with Gasteiger partial charge in [0.15, 0.2) is 0 Å². The highest BCUT2D eigenvalue weighted by Gasteiger charge is 2.17. The smallest absolute Gasteiger partial charge is 0.269 e. The number of pyridine rings is 1. The molecule has 0 aliphatic heterocycles. The molecule has 2 amide bonds. The van der Waals surface area contributed by atoms with E-state index in [2.05, 4.69) is 15.6 Å². The van der Waals surface area contributed by atoms with Crippen molar-refractivity contribution >= 4 is 67.3 Å². The Morgan fingerprint density at radius 1 is 0.931 bits per heavy atom. The van der Waals surface area contributed by atoms with Gasteiger partial charge in [-0.05, 0) is 24.3 Å². The van der Waals surface area contributed by atoms with Gasteiger partial charge in [-0.1, -0.05) is 53.5 Å². The largest absolute Gasteiger partial charge is 0.350 e. The van der Waals surface area contributed by atoms with Crippen molar-refractivity contribution in [3.63, 3.8) is 0 Å². The van der Waals surface area contributed by atoms with Crippen LogP contribution in [0.15, 0.2) is 54.6 Å². The molecule has 2 heterocycles. The summed E-state index contributed by atoms with van der Waals surface area (Å²) in [6.45, 7) is 0.539. The highest BCUT2D eigenvalue weighted by atomic mass is 35.5. The van der Waals surface area contributed by atoms with Gasteiger partial charge in [-0.2, -0.15) is 0 Å². The predicted molar refractivity (Wildman–Crippen MR) is 118 cm³/mol. The van der Waals surface area contributed by atoms with E-state index in [1.165, 1.54) is 11.3 Å². The highest BCUT2D eigenvalue weighted by molar-refractivity contribution is 7.21. The van der Waals surface area contributed by atoms with Crippen LogP contribution in [0.5, 0.6) is 0 Å². The van der Waals surface area contributed by atoms with Crippen molar-refractivity contribution in [1.82, 2.24) is 15.6 Å². The Balaban J connectivity index is 1.34. The Kier molecular flexibility index (Phi) is 5.67. The lowest BCUT2D eigenvalue weighted by Crippen LogP contribution is -2.34. The number of rotatable bonds is 5. The monoisotopic (exact) mass is 443 g/mol. The number of nitrogens with one attached hydrogen (secondary N) is 2. The summed E-state index contributed by atoms with van der Waals surface area (Å²) >= 11 is 13.6. The van der Waals surface area contributed by atoms with Gasteiger partial charge in [0, 0.05) is 33.6 Å².